The minimum Gasteiger partial charge on any atom is -0.474 e. The Balaban J connectivity index is 2.21. The second kappa shape index (κ2) is 4.13. The molecule has 0 spiro atoms. The number of nitrogens with zero attached hydrogens (tertiary/aromatic N) is 4. The van der Waals surface area contributed by atoms with Crippen LogP contribution in [0.5, 0.6) is 0 Å². The van der Waals surface area contributed by atoms with Gasteiger partial charge in [-0.05, 0) is 0 Å². The zero-order valence-electron chi connectivity index (χ0n) is 8.55. The smallest absolute Gasteiger partial charge is 0.408 e. The van der Waals surface area contributed by atoms with E-state index in [1.54, 1.807) is 0 Å². The molecule has 0 atom stereocenters. The van der Waals surface area contributed by atoms with Crippen molar-refractivity contribution < 1.29 is 27.5 Å². The minimum absolute atomic E-state index is 0.110. The average molecular weight is 262 g/mol. The van der Waals surface area contributed by atoms with Crippen LogP contribution < -0.4 is 0 Å². The molecule has 0 amide bonds. The molecular formula is C8H5F3N4O3. The minimum atomic E-state index is -4.40. The lowest BCUT2D eigenvalue weighted by molar-refractivity contribution is -0.142. The Bertz CT molecular complexity index is 574. The standard InChI is InChI=1S/C8H5F3N4O3/c9-8(10,11)3-15-2-4(1-12-15)5-13-14-6(18-5)7(16)17/h1-2H,3H2,(H,16,17). The number of carboxylic acids is 1. The van der Waals surface area contributed by atoms with Crippen LogP contribution in [0.4, 0.5) is 13.2 Å². The highest BCUT2D eigenvalue weighted by atomic mass is 19.4. The van der Waals surface area contributed by atoms with Gasteiger partial charge in [0.15, 0.2) is 0 Å². The van der Waals surface area contributed by atoms with Gasteiger partial charge in [-0.1, -0.05) is 0 Å². The molecule has 7 nitrogen and oxygen atoms in total. The Kier molecular flexibility index (Phi) is 2.77. The van der Waals surface area contributed by atoms with Gasteiger partial charge in [0.05, 0.1) is 11.8 Å². The number of carboxylic acid groups (broad SMARTS) is 1. The third kappa shape index (κ3) is 2.64. The summed E-state index contributed by atoms with van der Waals surface area (Å²) in [7, 11) is 0. The normalized spacial score (nSPS) is 11.7. The van der Waals surface area contributed by atoms with E-state index in [0.717, 1.165) is 12.4 Å². The fraction of sp³-hybridized carbons (Fsp3) is 0.250. The van der Waals surface area contributed by atoms with E-state index in [4.69, 9.17) is 9.52 Å². The van der Waals surface area contributed by atoms with E-state index in [1.165, 1.54) is 0 Å². The molecule has 0 bridgehead atoms. The summed E-state index contributed by atoms with van der Waals surface area (Å²) in [6, 6.07) is 0. The van der Waals surface area contributed by atoms with E-state index < -0.39 is 24.6 Å². The van der Waals surface area contributed by atoms with Crippen LogP contribution in [0.25, 0.3) is 11.5 Å². The number of halogens is 3. The fourth-order valence-electron chi connectivity index (χ4n) is 1.17. The number of carbonyl (C=O) groups is 1. The second-order valence-electron chi connectivity index (χ2n) is 3.26. The van der Waals surface area contributed by atoms with Gasteiger partial charge in [-0.25, -0.2) is 4.79 Å². The van der Waals surface area contributed by atoms with E-state index in [2.05, 4.69) is 15.3 Å². The molecule has 0 aliphatic heterocycles. The van der Waals surface area contributed by atoms with Gasteiger partial charge in [0.1, 0.15) is 6.54 Å². The van der Waals surface area contributed by atoms with Crippen LogP contribution in [-0.4, -0.2) is 37.2 Å². The van der Waals surface area contributed by atoms with Gasteiger partial charge >= 0.3 is 18.0 Å². The first kappa shape index (κ1) is 12.1. The molecule has 2 rings (SSSR count). The molecule has 0 unspecified atom stereocenters. The first-order chi connectivity index (χ1) is 8.35. The van der Waals surface area contributed by atoms with Gasteiger partial charge in [0.25, 0.3) is 5.89 Å². The molecule has 2 aromatic rings. The Morgan fingerprint density at radius 3 is 2.72 bits per heavy atom. The quantitative estimate of drug-likeness (QED) is 0.892. The molecule has 96 valence electrons. The largest absolute Gasteiger partial charge is 0.474 e. The lowest BCUT2D eigenvalue weighted by atomic mass is 10.4. The number of rotatable bonds is 3. The molecule has 0 aliphatic carbocycles. The highest BCUT2D eigenvalue weighted by Gasteiger charge is 2.28. The van der Waals surface area contributed by atoms with E-state index in [0.29, 0.717) is 4.68 Å². The zero-order chi connectivity index (χ0) is 13.3. The van der Waals surface area contributed by atoms with Gasteiger partial charge in [-0.2, -0.15) is 18.3 Å². The Morgan fingerprint density at radius 1 is 1.44 bits per heavy atom. The van der Waals surface area contributed by atoms with Crippen molar-refractivity contribution in [3.05, 3.63) is 18.3 Å². The molecule has 1 N–H and O–H groups in total. The Hall–Kier alpha value is -2.39. The summed E-state index contributed by atoms with van der Waals surface area (Å²) in [6.07, 6.45) is -2.29. The van der Waals surface area contributed by atoms with Gasteiger partial charge in [0, 0.05) is 6.20 Å². The first-order valence-corrected chi connectivity index (χ1v) is 4.51. The summed E-state index contributed by atoms with van der Waals surface area (Å²) < 4.78 is 41.6. The summed E-state index contributed by atoms with van der Waals surface area (Å²) in [5, 5.41) is 18.6. The Labute approximate surface area is 96.8 Å². The molecule has 0 radical (unpaired) electrons. The fourth-order valence-corrected chi connectivity index (χ4v) is 1.17. The first-order valence-electron chi connectivity index (χ1n) is 4.51. The van der Waals surface area contributed by atoms with E-state index >= 15 is 0 Å². The molecule has 18 heavy (non-hydrogen) atoms. The molecule has 0 fully saturated rings. The average Bonchev–Trinajstić information content (AvgIpc) is 2.81. The van der Waals surface area contributed by atoms with Crippen LogP contribution in [0, 0.1) is 0 Å². The van der Waals surface area contributed by atoms with E-state index in [1.807, 2.05) is 0 Å². The van der Waals surface area contributed by atoms with Crippen molar-refractivity contribution in [3.8, 4) is 11.5 Å². The summed E-state index contributed by atoms with van der Waals surface area (Å²) >= 11 is 0. The van der Waals surface area contributed by atoms with Gasteiger partial charge in [0.2, 0.25) is 0 Å². The maximum atomic E-state index is 12.1. The lowest BCUT2D eigenvalue weighted by Crippen LogP contribution is -2.17. The molecule has 0 saturated heterocycles. The zero-order valence-corrected chi connectivity index (χ0v) is 8.55. The summed E-state index contributed by atoms with van der Waals surface area (Å²) in [5.74, 6) is -2.27. The highest BCUT2D eigenvalue weighted by molar-refractivity contribution is 5.82. The molecule has 0 aromatic carbocycles. The van der Waals surface area contributed by atoms with Crippen LogP contribution in [0.15, 0.2) is 16.8 Å². The molecule has 2 aromatic heterocycles. The van der Waals surface area contributed by atoms with Gasteiger partial charge in [-0.3, -0.25) is 4.68 Å². The summed E-state index contributed by atoms with van der Waals surface area (Å²) in [5.41, 5.74) is 0.110. The van der Waals surface area contributed by atoms with Crippen LogP contribution >= 0.6 is 0 Å². The van der Waals surface area contributed by atoms with Crippen molar-refractivity contribution in [2.45, 2.75) is 12.7 Å². The number of hydrogen-bond donors (Lipinski definition) is 1. The molecule has 0 saturated carbocycles. The molecule has 10 heteroatoms. The summed E-state index contributed by atoms with van der Waals surface area (Å²) in [4.78, 5) is 10.5. The van der Waals surface area contributed by atoms with Crippen molar-refractivity contribution in [2.24, 2.45) is 0 Å². The third-order valence-corrected chi connectivity index (χ3v) is 1.83. The maximum absolute atomic E-state index is 12.1. The Morgan fingerprint density at radius 2 is 2.17 bits per heavy atom. The van der Waals surface area contributed by atoms with Gasteiger partial charge < -0.3 is 9.52 Å². The number of aromatic carboxylic acids is 1. The summed E-state index contributed by atoms with van der Waals surface area (Å²) in [6.45, 7) is -1.26. The SMILES string of the molecule is O=C(O)c1nnc(-c2cnn(CC(F)(F)F)c2)o1. The topological polar surface area (TPSA) is 94.0 Å². The van der Waals surface area contributed by atoms with Crippen molar-refractivity contribution >= 4 is 5.97 Å². The monoisotopic (exact) mass is 262 g/mol. The van der Waals surface area contributed by atoms with Crippen molar-refractivity contribution in [1.82, 2.24) is 20.0 Å². The maximum Gasteiger partial charge on any atom is 0.408 e. The van der Waals surface area contributed by atoms with Crippen LogP contribution in [-0.2, 0) is 6.54 Å². The number of hydrogen-bond acceptors (Lipinski definition) is 5. The van der Waals surface area contributed by atoms with Crippen molar-refractivity contribution in [2.75, 3.05) is 0 Å². The second-order valence-corrected chi connectivity index (χ2v) is 3.26. The van der Waals surface area contributed by atoms with Crippen LogP contribution in [0.1, 0.15) is 10.7 Å². The lowest BCUT2D eigenvalue weighted by Gasteiger charge is -2.04. The van der Waals surface area contributed by atoms with Crippen LogP contribution in [0.2, 0.25) is 0 Å². The predicted octanol–water partition coefficient (Wildman–Crippen LogP) is 1.19. The number of aromatic nitrogens is 4. The van der Waals surface area contributed by atoms with Crippen LogP contribution in [0.3, 0.4) is 0 Å². The van der Waals surface area contributed by atoms with Gasteiger partial charge in [-0.15, -0.1) is 10.2 Å². The van der Waals surface area contributed by atoms with Crippen molar-refractivity contribution in [3.63, 3.8) is 0 Å². The predicted molar refractivity (Wildman–Crippen MR) is 48.5 cm³/mol. The number of alkyl halides is 3. The van der Waals surface area contributed by atoms with Crippen molar-refractivity contribution in [1.29, 1.82) is 0 Å². The molecule has 0 aliphatic rings. The molecular weight excluding hydrogens is 257 g/mol. The third-order valence-electron chi connectivity index (χ3n) is 1.83. The highest BCUT2D eigenvalue weighted by Crippen LogP contribution is 2.20. The van der Waals surface area contributed by atoms with E-state index in [9.17, 15) is 18.0 Å². The van der Waals surface area contributed by atoms with E-state index in [-0.39, 0.29) is 11.5 Å². The molecule has 2 heterocycles.